The van der Waals surface area contributed by atoms with E-state index in [4.69, 9.17) is 9.47 Å². The molecule has 0 aromatic carbocycles. The maximum absolute atomic E-state index is 13.0. The van der Waals surface area contributed by atoms with Crippen molar-refractivity contribution < 1.29 is 29.0 Å². The summed E-state index contributed by atoms with van der Waals surface area (Å²) in [5.41, 5.74) is 1.72. The number of methoxy groups -OCH3 is 2. The third-order valence-corrected chi connectivity index (χ3v) is 7.01. The number of nitrogens with one attached hydrogen (secondary N) is 1. The number of fused-ring (bicyclic) bond motifs is 2. The third-order valence-electron chi connectivity index (χ3n) is 7.01. The lowest BCUT2D eigenvalue weighted by Crippen LogP contribution is -2.37. The predicted octanol–water partition coefficient (Wildman–Crippen LogP) is 3.83. The molecule has 0 saturated heterocycles. The molecule has 2 rings (SSSR count). The van der Waals surface area contributed by atoms with Crippen molar-refractivity contribution in [3.05, 3.63) is 46.7 Å². The van der Waals surface area contributed by atoms with Gasteiger partial charge in [0.1, 0.15) is 0 Å². The van der Waals surface area contributed by atoms with Gasteiger partial charge in [-0.3, -0.25) is 14.4 Å². The molecule has 6 unspecified atom stereocenters. The van der Waals surface area contributed by atoms with Crippen molar-refractivity contribution in [2.24, 2.45) is 17.8 Å². The summed E-state index contributed by atoms with van der Waals surface area (Å²) in [6.45, 7) is 9.63. The number of carbonyl (C=O) groups excluding carboxylic acids is 3. The molecule has 194 valence electrons. The van der Waals surface area contributed by atoms with E-state index >= 15 is 0 Å². The van der Waals surface area contributed by atoms with Gasteiger partial charge in [0.15, 0.2) is 5.78 Å². The second-order valence-electron chi connectivity index (χ2n) is 10.1. The van der Waals surface area contributed by atoms with Crippen molar-refractivity contribution in [1.82, 2.24) is 5.32 Å². The first-order valence-corrected chi connectivity index (χ1v) is 12.4. The number of ether oxygens (including phenoxy) is 2. The predicted molar refractivity (Wildman–Crippen MR) is 135 cm³/mol. The van der Waals surface area contributed by atoms with Gasteiger partial charge in [-0.2, -0.15) is 0 Å². The fourth-order valence-corrected chi connectivity index (χ4v) is 4.92. The van der Waals surface area contributed by atoms with Crippen molar-refractivity contribution in [2.75, 3.05) is 14.2 Å². The Morgan fingerprint density at radius 1 is 1.03 bits per heavy atom. The summed E-state index contributed by atoms with van der Waals surface area (Å²) >= 11 is 0. The number of aliphatic hydroxyl groups is 1. The van der Waals surface area contributed by atoms with Crippen LogP contribution in [-0.2, 0) is 23.9 Å². The lowest BCUT2D eigenvalue weighted by molar-refractivity contribution is -0.120. The van der Waals surface area contributed by atoms with Crippen molar-refractivity contribution in [2.45, 2.75) is 78.6 Å². The summed E-state index contributed by atoms with van der Waals surface area (Å²) in [6.07, 6.45) is 7.53. The smallest absolute Gasteiger partial charge is 0.251 e. The van der Waals surface area contributed by atoms with Gasteiger partial charge in [0.05, 0.1) is 24.0 Å². The Morgan fingerprint density at radius 2 is 1.71 bits per heavy atom. The van der Waals surface area contributed by atoms with Gasteiger partial charge >= 0.3 is 0 Å². The molecule has 1 heterocycles. The normalized spacial score (nSPS) is 35.3. The van der Waals surface area contributed by atoms with Gasteiger partial charge in [-0.25, -0.2) is 0 Å². The second kappa shape index (κ2) is 13.1. The van der Waals surface area contributed by atoms with Crippen molar-refractivity contribution in [3.63, 3.8) is 0 Å². The standard InChI is InChI=1S/C28H41NO6/c1-16-11-21-14-22(30)15-23(26(21)32)29-28(33)18(3)10-8-9-17(2)25(31)19(4)13-20(5)27(35-7)24(12-16)34-6/h10,13-17,20,24-25,27,31H,8-9,11-12H2,1-7H3,(H,29,33)/b18-10+,19-13+. The zero-order chi connectivity index (χ0) is 26.3. The van der Waals surface area contributed by atoms with Crippen LogP contribution in [0.2, 0.25) is 0 Å². The number of carbonyl (C=O) groups is 3. The molecule has 0 fully saturated rings. The largest absolute Gasteiger partial charge is 0.388 e. The molecule has 7 nitrogen and oxygen atoms in total. The summed E-state index contributed by atoms with van der Waals surface area (Å²) in [5.74, 6) is -1.08. The second-order valence-corrected chi connectivity index (χ2v) is 10.1. The zero-order valence-electron chi connectivity index (χ0n) is 22.1. The van der Waals surface area contributed by atoms with E-state index in [0.29, 0.717) is 36.8 Å². The number of hydrogen-bond acceptors (Lipinski definition) is 6. The summed E-state index contributed by atoms with van der Waals surface area (Å²) in [7, 11) is 3.29. The molecule has 2 N–H and O–H groups in total. The minimum absolute atomic E-state index is 0.00524. The van der Waals surface area contributed by atoms with Gasteiger partial charge < -0.3 is 19.9 Å². The minimum atomic E-state index is -0.612. The molecule has 0 aromatic rings. The Bertz CT molecular complexity index is 928. The lowest BCUT2D eigenvalue weighted by atomic mass is 9.85. The summed E-state index contributed by atoms with van der Waals surface area (Å²) in [6, 6.07) is 0. The van der Waals surface area contributed by atoms with Crippen molar-refractivity contribution in [3.8, 4) is 0 Å². The highest BCUT2D eigenvalue weighted by atomic mass is 16.5. The number of hydrogen-bond donors (Lipinski definition) is 2. The summed E-state index contributed by atoms with van der Waals surface area (Å²) in [4.78, 5) is 38.0. The molecule has 0 saturated carbocycles. The van der Waals surface area contributed by atoms with Crippen LogP contribution in [0.3, 0.4) is 0 Å². The average molecular weight is 488 g/mol. The van der Waals surface area contributed by atoms with E-state index < -0.39 is 12.0 Å². The first kappa shape index (κ1) is 28.9. The minimum Gasteiger partial charge on any atom is -0.388 e. The summed E-state index contributed by atoms with van der Waals surface area (Å²) in [5, 5.41) is 13.5. The van der Waals surface area contributed by atoms with E-state index in [9.17, 15) is 19.5 Å². The van der Waals surface area contributed by atoms with E-state index in [2.05, 4.69) is 5.32 Å². The number of Topliss-reactive ketones (excluding diaryl/α,β-unsaturated/α-hetero) is 1. The summed E-state index contributed by atoms with van der Waals surface area (Å²) < 4.78 is 11.6. The monoisotopic (exact) mass is 487 g/mol. The molecule has 1 amide bonds. The third kappa shape index (κ3) is 7.82. The Kier molecular flexibility index (Phi) is 10.8. The number of ketones is 2. The first-order chi connectivity index (χ1) is 16.5. The van der Waals surface area contributed by atoms with E-state index in [-0.39, 0.29) is 47.2 Å². The van der Waals surface area contributed by atoms with Crippen LogP contribution in [0.15, 0.2) is 46.7 Å². The van der Waals surface area contributed by atoms with Gasteiger partial charge in [0.25, 0.3) is 5.91 Å². The maximum Gasteiger partial charge on any atom is 0.251 e. The molecule has 0 spiro atoms. The van der Waals surface area contributed by atoms with Crippen LogP contribution in [0.4, 0.5) is 0 Å². The van der Waals surface area contributed by atoms with E-state index in [0.717, 1.165) is 5.57 Å². The molecule has 35 heavy (non-hydrogen) atoms. The number of rotatable bonds is 2. The van der Waals surface area contributed by atoms with Crippen LogP contribution >= 0.6 is 0 Å². The molecule has 2 aliphatic rings. The average Bonchev–Trinajstić information content (AvgIpc) is 2.80. The fraction of sp³-hybridized carbons (Fsp3) is 0.607. The molecule has 1 aliphatic carbocycles. The molecule has 1 aliphatic heterocycles. The van der Waals surface area contributed by atoms with Crippen molar-refractivity contribution in [1.29, 1.82) is 0 Å². The molecular weight excluding hydrogens is 446 g/mol. The number of allylic oxidation sites excluding steroid dienone is 4. The van der Waals surface area contributed by atoms with E-state index in [1.165, 1.54) is 12.2 Å². The number of aliphatic hydroxyl groups excluding tert-OH is 1. The Morgan fingerprint density at radius 3 is 2.34 bits per heavy atom. The highest BCUT2D eigenvalue weighted by Gasteiger charge is 2.30. The van der Waals surface area contributed by atoms with Crippen LogP contribution in [0, 0.1) is 17.8 Å². The molecule has 0 radical (unpaired) electrons. The Hall–Kier alpha value is -2.35. The topological polar surface area (TPSA) is 102 Å². The Balaban J connectivity index is 2.40. The SMILES string of the molecule is COC1CC(C)CC2=CC(=O)C=C(NC(=O)/C(C)=C/CCC(C)C(O)/C(C)=C/C(C)C1OC)C2=O. The van der Waals surface area contributed by atoms with Gasteiger partial charge in [-0.05, 0) is 63.0 Å². The van der Waals surface area contributed by atoms with Crippen LogP contribution in [0.1, 0.15) is 60.3 Å². The van der Waals surface area contributed by atoms with Gasteiger partial charge in [0.2, 0.25) is 5.78 Å². The fourth-order valence-electron chi connectivity index (χ4n) is 4.92. The van der Waals surface area contributed by atoms with Crippen LogP contribution in [0.5, 0.6) is 0 Å². The lowest BCUT2D eigenvalue weighted by Gasteiger charge is -2.31. The quantitative estimate of drug-likeness (QED) is 0.453. The van der Waals surface area contributed by atoms with E-state index in [1.807, 2.05) is 33.8 Å². The van der Waals surface area contributed by atoms with Gasteiger partial charge in [0, 0.05) is 37.4 Å². The zero-order valence-corrected chi connectivity index (χ0v) is 22.1. The van der Waals surface area contributed by atoms with E-state index in [1.54, 1.807) is 27.2 Å². The van der Waals surface area contributed by atoms with Crippen molar-refractivity contribution >= 4 is 17.5 Å². The van der Waals surface area contributed by atoms with Crippen LogP contribution < -0.4 is 5.32 Å². The molecule has 2 bridgehead atoms. The molecule has 7 heteroatoms. The molecular formula is C28H41NO6. The maximum atomic E-state index is 13.0. The van der Waals surface area contributed by atoms with Crippen LogP contribution in [0.25, 0.3) is 0 Å². The molecule has 6 atom stereocenters. The van der Waals surface area contributed by atoms with Gasteiger partial charge in [-0.1, -0.05) is 32.9 Å². The highest BCUT2D eigenvalue weighted by molar-refractivity contribution is 6.21. The Labute approximate surface area is 209 Å². The first-order valence-electron chi connectivity index (χ1n) is 12.4. The highest BCUT2D eigenvalue weighted by Crippen LogP contribution is 2.28. The number of amides is 1. The molecule has 0 aromatic heterocycles. The van der Waals surface area contributed by atoms with Gasteiger partial charge in [-0.15, -0.1) is 0 Å². The van der Waals surface area contributed by atoms with Crippen LogP contribution in [-0.4, -0.2) is 55.1 Å².